The lowest BCUT2D eigenvalue weighted by atomic mass is 9.96. The van der Waals surface area contributed by atoms with E-state index in [0.29, 0.717) is 72.6 Å². The smallest absolute Gasteiger partial charge is 0.309 e. The number of benzene rings is 7. The maximum atomic E-state index is 16.9. The quantitative estimate of drug-likeness (QED) is 0.157. The second kappa shape index (κ2) is 16.0. The third kappa shape index (κ3) is 6.72. The first kappa shape index (κ1) is 40.2. The Hall–Kier alpha value is -9.34. The largest absolute Gasteiger partial charge is 0.420 e. The number of halogens is 3. The van der Waals surface area contributed by atoms with Gasteiger partial charge < -0.3 is 9.13 Å². The van der Waals surface area contributed by atoms with Crippen molar-refractivity contribution in [3.63, 3.8) is 0 Å². The van der Waals surface area contributed by atoms with E-state index in [0.717, 1.165) is 27.5 Å². The topological polar surface area (TPSA) is 111 Å². The fraction of sp³-hybridized carbons (Fsp3) is 0.0179. The number of aromatic nitrogens is 8. The Balaban J connectivity index is 1.22. The number of hydrogen-bond donors (Lipinski definition) is 0. The van der Waals surface area contributed by atoms with Gasteiger partial charge in [0.1, 0.15) is 5.56 Å². The van der Waals surface area contributed by atoms with Crippen LogP contribution in [0.2, 0.25) is 0 Å². The molecule has 12 aromatic rings. The van der Waals surface area contributed by atoms with Gasteiger partial charge in [0.05, 0.1) is 45.1 Å². The zero-order valence-electron chi connectivity index (χ0n) is 35.6. The summed E-state index contributed by atoms with van der Waals surface area (Å²) in [5.41, 5.74) is 6.08. The first-order chi connectivity index (χ1) is 33.3. The van der Waals surface area contributed by atoms with Crippen molar-refractivity contribution in [2.24, 2.45) is 0 Å². The molecule has 68 heavy (non-hydrogen) atoms. The molecule has 7 aromatic carbocycles. The van der Waals surface area contributed by atoms with Gasteiger partial charge in [0.2, 0.25) is 0 Å². The minimum absolute atomic E-state index is 0.0810. The number of fused-ring (bicyclic) bond motifs is 6. The summed E-state index contributed by atoms with van der Waals surface area (Å²) >= 11 is 0. The molecule has 0 atom stereocenters. The standard InChI is InChI=1S/C56H32F3N9/c57-56(58,59)51-50(67-46-17-12-36(35-9-2-1-3-10-35)29-42(46)43-30-38(13-18-47(43)67)53-61-22-5-23-62-53)21-16-41(37-11-4-8-34(28-37)33-60)52(51)68-48-19-14-39(54-63-24-6-25-64-54)31-44(48)45-32-40(15-20-49(45)68)55-65-26-7-27-66-55/h1-32H. The Morgan fingerprint density at radius 2 is 0.838 bits per heavy atom. The van der Waals surface area contributed by atoms with E-state index in [1.807, 2.05) is 103 Å². The zero-order chi connectivity index (χ0) is 45.9. The molecular weight excluding hydrogens is 856 g/mol. The van der Waals surface area contributed by atoms with Crippen LogP contribution in [-0.4, -0.2) is 39.0 Å². The van der Waals surface area contributed by atoms with Crippen molar-refractivity contribution in [3.05, 3.63) is 206 Å². The SMILES string of the molecule is N#Cc1cccc(-c2ccc(-n3c4ccc(-c5ccccc5)cc4c4cc(-c5ncccn5)ccc43)c(C(F)(F)F)c2-n2c3ccc(-c4ncccn4)cc3c3cc(-c4ncccn4)ccc32)c1. The van der Waals surface area contributed by atoms with E-state index >= 15 is 13.2 Å². The summed E-state index contributed by atoms with van der Waals surface area (Å²) in [4.78, 5) is 27.0. The summed E-state index contributed by atoms with van der Waals surface area (Å²) < 4.78 is 54.2. The number of nitriles is 1. The molecule has 0 N–H and O–H groups in total. The monoisotopic (exact) mass is 887 g/mol. The average Bonchev–Trinajstić information content (AvgIpc) is 3.90. The van der Waals surface area contributed by atoms with Crippen molar-refractivity contribution in [2.45, 2.75) is 6.18 Å². The van der Waals surface area contributed by atoms with Crippen molar-refractivity contribution < 1.29 is 13.2 Å². The summed E-state index contributed by atoms with van der Waals surface area (Å²) in [5, 5.41) is 12.9. The molecule has 12 rings (SSSR count). The highest BCUT2D eigenvalue weighted by atomic mass is 19.4. The van der Waals surface area contributed by atoms with Gasteiger partial charge in [-0.05, 0) is 120 Å². The van der Waals surface area contributed by atoms with E-state index in [1.54, 1.807) is 101 Å². The van der Waals surface area contributed by atoms with Gasteiger partial charge in [-0.25, -0.2) is 29.9 Å². The van der Waals surface area contributed by atoms with Crippen molar-refractivity contribution >= 4 is 43.6 Å². The van der Waals surface area contributed by atoms with Crippen LogP contribution < -0.4 is 0 Å². The van der Waals surface area contributed by atoms with Crippen LogP contribution in [0.4, 0.5) is 13.2 Å². The molecule has 0 unspecified atom stereocenters. The molecule has 0 aliphatic heterocycles. The highest BCUT2D eigenvalue weighted by Gasteiger charge is 2.40. The molecule has 0 amide bonds. The molecule has 9 nitrogen and oxygen atoms in total. The second-order valence-electron chi connectivity index (χ2n) is 16.2. The molecule has 0 bridgehead atoms. The number of rotatable bonds is 7. The molecule has 322 valence electrons. The highest BCUT2D eigenvalue weighted by Crippen LogP contribution is 2.49. The van der Waals surface area contributed by atoms with Gasteiger partial charge in [0.15, 0.2) is 17.5 Å². The molecule has 0 aliphatic carbocycles. The average molecular weight is 888 g/mol. The van der Waals surface area contributed by atoms with Gasteiger partial charge in [0.25, 0.3) is 0 Å². The molecule has 0 radical (unpaired) electrons. The van der Waals surface area contributed by atoms with E-state index in [-0.39, 0.29) is 16.9 Å². The Bertz CT molecular complexity index is 3760. The molecule has 5 aromatic heterocycles. The van der Waals surface area contributed by atoms with E-state index in [9.17, 15) is 5.26 Å². The summed E-state index contributed by atoms with van der Waals surface area (Å²) in [5.74, 6) is 1.43. The fourth-order valence-corrected chi connectivity index (χ4v) is 9.39. The van der Waals surface area contributed by atoms with Crippen LogP contribution in [0.3, 0.4) is 0 Å². The molecule has 0 saturated carbocycles. The van der Waals surface area contributed by atoms with E-state index in [4.69, 9.17) is 0 Å². The summed E-state index contributed by atoms with van der Waals surface area (Å²) in [6, 6.07) is 49.8. The Kier molecular flexibility index (Phi) is 9.44. The second-order valence-corrected chi connectivity index (χ2v) is 16.2. The van der Waals surface area contributed by atoms with Gasteiger partial charge in [-0.3, -0.25) is 0 Å². The third-order valence-corrected chi connectivity index (χ3v) is 12.3. The Labute approximate surface area is 385 Å². The Morgan fingerprint density at radius 1 is 0.397 bits per heavy atom. The fourth-order valence-electron chi connectivity index (χ4n) is 9.39. The molecule has 0 fully saturated rings. The van der Waals surface area contributed by atoms with E-state index in [2.05, 4.69) is 36.0 Å². The van der Waals surface area contributed by atoms with Crippen LogP contribution in [0.25, 0.3) is 111 Å². The maximum absolute atomic E-state index is 16.9. The number of hydrogen-bond acceptors (Lipinski definition) is 7. The van der Waals surface area contributed by atoms with Gasteiger partial charge in [-0.1, -0.05) is 54.6 Å². The molecule has 5 heterocycles. The van der Waals surface area contributed by atoms with Crippen LogP contribution in [-0.2, 0) is 6.18 Å². The van der Waals surface area contributed by atoms with Crippen LogP contribution >= 0.6 is 0 Å². The molecule has 0 saturated heterocycles. The third-order valence-electron chi connectivity index (χ3n) is 12.3. The molecule has 0 spiro atoms. The van der Waals surface area contributed by atoms with Crippen molar-refractivity contribution in [1.82, 2.24) is 39.0 Å². The van der Waals surface area contributed by atoms with Crippen LogP contribution in [0.1, 0.15) is 11.1 Å². The van der Waals surface area contributed by atoms with Gasteiger partial charge in [-0.15, -0.1) is 0 Å². The van der Waals surface area contributed by atoms with Crippen LogP contribution in [0.5, 0.6) is 0 Å². The first-order valence-electron chi connectivity index (χ1n) is 21.6. The van der Waals surface area contributed by atoms with Gasteiger partial charge in [0, 0.05) is 81.0 Å². The van der Waals surface area contributed by atoms with Gasteiger partial charge in [-0.2, -0.15) is 18.4 Å². The lowest BCUT2D eigenvalue weighted by molar-refractivity contribution is -0.137. The summed E-state index contributed by atoms with van der Waals surface area (Å²) in [7, 11) is 0. The maximum Gasteiger partial charge on any atom is 0.420 e. The first-order valence-corrected chi connectivity index (χ1v) is 21.6. The Morgan fingerprint density at radius 3 is 1.31 bits per heavy atom. The van der Waals surface area contributed by atoms with Crippen LogP contribution in [0.15, 0.2) is 195 Å². The van der Waals surface area contributed by atoms with Crippen molar-refractivity contribution in [3.8, 4) is 73.9 Å². The molecule has 12 heteroatoms. The highest BCUT2D eigenvalue weighted by molar-refractivity contribution is 6.14. The van der Waals surface area contributed by atoms with Crippen molar-refractivity contribution in [1.29, 1.82) is 5.26 Å². The lowest BCUT2D eigenvalue weighted by Gasteiger charge is -2.24. The minimum Gasteiger partial charge on any atom is -0.309 e. The lowest BCUT2D eigenvalue weighted by Crippen LogP contribution is -2.17. The predicted molar refractivity (Wildman–Crippen MR) is 259 cm³/mol. The summed E-state index contributed by atoms with van der Waals surface area (Å²) in [6.07, 6.45) is 4.99. The minimum atomic E-state index is -4.93. The number of nitrogens with zero attached hydrogens (tertiary/aromatic N) is 9. The van der Waals surface area contributed by atoms with Gasteiger partial charge >= 0.3 is 6.18 Å². The number of alkyl halides is 3. The summed E-state index contributed by atoms with van der Waals surface area (Å²) in [6.45, 7) is 0. The predicted octanol–water partition coefficient (Wildman–Crippen LogP) is 13.5. The molecular formula is C56H32F3N9. The van der Waals surface area contributed by atoms with Crippen molar-refractivity contribution in [2.75, 3.05) is 0 Å². The zero-order valence-corrected chi connectivity index (χ0v) is 35.6. The molecule has 0 aliphatic rings. The normalized spacial score (nSPS) is 11.7. The van der Waals surface area contributed by atoms with Crippen LogP contribution in [0, 0.1) is 11.3 Å². The van der Waals surface area contributed by atoms with E-state index in [1.165, 1.54) is 0 Å². The van der Waals surface area contributed by atoms with E-state index < -0.39 is 11.7 Å².